The van der Waals surface area contributed by atoms with Crippen molar-refractivity contribution in [3.8, 4) is 0 Å². The molecule has 0 aromatic rings. The second kappa shape index (κ2) is 15.2. The minimum absolute atomic E-state index is 0.825. The van der Waals surface area contributed by atoms with Crippen LogP contribution in [0.1, 0.15) is 19.3 Å². The minimum Gasteiger partial charge on any atom is -0.377 e. The molecular formula is C15H38N2O6Si2. The molecule has 0 aliphatic heterocycles. The van der Waals surface area contributed by atoms with Gasteiger partial charge in [-0.2, -0.15) is 0 Å². The molecule has 0 fully saturated rings. The topological polar surface area (TPSA) is 79.4 Å². The molecule has 10 heteroatoms. The maximum Gasteiger partial charge on any atom is 0.500 e. The molecule has 0 rings (SSSR count). The molecule has 0 amide bonds. The van der Waals surface area contributed by atoms with Crippen LogP contribution in [0.2, 0.25) is 12.1 Å². The maximum atomic E-state index is 5.40. The van der Waals surface area contributed by atoms with E-state index in [4.69, 9.17) is 26.6 Å². The fraction of sp³-hybridized carbons (Fsp3) is 1.00. The maximum absolute atomic E-state index is 5.40. The summed E-state index contributed by atoms with van der Waals surface area (Å²) in [4.78, 5) is 0. The Hall–Kier alpha value is 0.114. The zero-order valence-electron chi connectivity index (χ0n) is 16.8. The molecule has 2 N–H and O–H groups in total. The van der Waals surface area contributed by atoms with Crippen LogP contribution < -0.4 is 10.6 Å². The van der Waals surface area contributed by atoms with Gasteiger partial charge in [0.1, 0.15) is 0 Å². The molecule has 8 nitrogen and oxygen atoms in total. The molecule has 0 aliphatic rings. The van der Waals surface area contributed by atoms with Crippen LogP contribution >= 0.6 is 0 Å². The summed E-state index contributed by atoms with van der Waals surface area (Å²) in [6.07, 6.45) is 3.04. The number of nitrogens with one attached hydrogen (secondary N) is 2. The zero-order valence-corrected chi connectivity index (χ0v) is 18.8. The van der Waals surface area contributed by atoms with Crippen LogP contribution in [-0.4, -0.2) is 86.4 Å². The van der Waals surface area contributed by atoms with Crippen molar-refractivity contribution in [2.75, 3.05) is 68.8 Å². The van der Waals surface area contributed by atoms with Crippen molar-refractivity contribution in [3.63, 3.8) is 0 Å². The van der Waals surface area contributed by atoms with Crippen LogP contribution in [0, 0.1) is 0 Å². The summed E-state index contributed by atoms with van der Waals surface area (Å²) in [6, 6.07) is 1.65. The first-order chi connectivity index (χ1) is 12.1. The van der Waals surface area contributed by atoms with E-state index in [0.717, 1.165) is 57.5 Å². The molecule has 0 bridgehead atoms. The molecule has 0 saturated heterocycles. The SMILES string of the molecule is CO[Si](CCCNCCCNCCC[Si](OC)(OC)OC)(OC)OC. The largest absolute Gasteiger partial charge is 0.500 e. The third-order valence-electron chi connectivity index (χ3n) is 4.25. The van der Waals surface area contributed by atoms with Crippen molar-refractivity contribution in [1.82, 2.24) is 10.6 Å². The van der Waals surface area contributed by atoms with Crippen LogP contribution in [0.25, 0.3) is 0 Å². The van der Waals surface area contributed by atoms with Crippen LogP contribution in [0.15, 0.2) is 0 Å². The van der Waals surface area contributed by atoms with Crippen LogP contribution in [0.5, 0.6) is 0 Å². The fourth-order valence-electron chi connectivity index (χ4n) is 2.56. The van der Waals surface area contributed by atoms with Crippen molar-refractivity contribution in [1.29, 1.82) is 0 Å². The average Bonchev–Trinajstić information content (AvgIpc) is 2.67. The molecule has 0 unspecified atom stereocenters. The quantitative estimate of drug-likeness (QED) is 0.262. The Morgan fingerprint density at radius 1 is 0.480 bits per heavy atom. The Morgan fingerprint density at radius 2 is 0.760 bits per heavy atom. The smallest absolute Gasteiger partial charge is 0.377 e. The van der Waals surface area contributed by atoms with Crippen LogP contribution in [-0.2, 0) is 26.6 Å². The van der Waals surface area contributed by atoms with Crippen molar-refractivity contribution >= 4 is 17.6 Å². The summed E-state index contributed by atoms with van der Waals surface area (Å²) in [5, 5.41) is 6.87. The number of hydrogen-bond acceptors (Lipinski definition) is 8. The first-order valence-electron chi connectivity index (χ1n) is 8.80. The van der Waals surface area contributed by atoms with E-state index >= 15 is 0 Å². The lowest BCUT2D eigenvalue weighted by Gasteiger charge is -2.24. The van der Waals surface area contributed by atoms with E-state index in [2.05, 4.69) is 10.6 Å². The average molecular weight is 399 g/mol. The van der Waals surface area contributed by atoms with Gasteiger partial charge in [-0.15, -0.1) is 0 Å². The van der Waals surface area contributed by atoms with Gasteiger partial charge >= 0.3 is 17.6 Å². The van der Waals surface area contributed by atoms with E-state index in [1.165, 1.54) is 0 Å². The summed E-state index contributed by atoms with van der Waals surface area (Å²) in [5.74, 6) is 0. The molecule has 0 heterocycles. The Labute approximate surface area is 155 Å². The van der Waals surface area contributed by atoms with Gasteiger partial charge in [0.05, 0.1) is 0 Å². The lowest BCUT2D eigenvalue weighted by atomic mass is 10.4. The molecule has 0 aromatic heterocycles. The van der Waals surface area contributed by atoms with Gasteiger partial charge in [-0.25, -0.2) is 0 Å². The molecule has 25 heavy (non-hydrogen) atoms. The van der Waals surface area contributed by atoms with Crippen molar-refractivity contribution in [2.24, 2.45) is 0 Å². The Morgan fingerprint density at radius 3 is 1.04 bits per heavy atom. The number of hydrogen-bond donors (Lipinski definition) is 2. The highest BCUT2D eigenvalue weighted by atomic mass is 28.4. The number of rotatable bonds is 18. The van der Waals surface area contributed by atoms with Gasteiger partial charge < -0.3 is 37.2 Å². The second-order valence-corrected chi connectivity index (χ2v) is 11.8. The van der Waals surface area contributed by atoms with Crippen molar-refractivity contribution < 1.29 is 26.6 Å². The predicted octanol–water partition coefficient (Wildman–Crippen LogP) is 1.09. The highest BCUT2D eigenvalue weighted by Gasteiger charge is 2.37. The normalized spacial score (nSPS) is 12.7. The van der Waals surface area contributed by atoms with Gasteiger partial charge in [0.2, 0.25) is 0 Å². The summed E-state index contributed by atoms with van der Waals surface area (Å²) in [6.45, 7) is 3.85. The summed E-state index contributed by atoms with van der Waals surface area (Å²) in [5.41, 5.74) is 0. The summed E-state index contributed by atoms with van der Waals surface area (Å²) < 4.78 is 32.4. The van der Waals surface area contributed by atoms with E-state index in [-0.39, 0.29) is 0 Å². The van der Waals surface area contributed by atoms with E-state index in [9.17, 15) is 0 Å². The minimum atomic E-state index is -2.41. The van der Waals surface area contributed by atoms with E-state index in [1.807, 2.05) is 0 Å². The van der Waals surface area contributed by atoms with Gasteiger partial charge in [0.15, 0.2) is 0 Å². The fourth-order valence-corrected chi connectivity index (χ4v) is 6.00. The van der Waals surface area contributed by atoms with Crippen molar-refractivity contribution in [3.05, 3.63) is 0 Å². The van der Waals surface area contributed by atoms with Crippen LogP contribution in [0.3, 0.4) is 0 Å². The highest BCUT2D eigenvalue weighted by Crippen LogP contribution is 2.15. The zero-order chi connectivity index (χ0) is 19.0. The first-order valence-corrected chi connectivity index (χ1v) is 12.7. The Bertz CT molecular complexity index is 263. The Balaban J connectivity index is 3.54. The molecule has 0 spiro atoms. The van der Waals surface area contributed by atoms with Gasteiger partial charge in [-0.1, -0.05) is 0 Å². The first kappa shape index (κ1) is 25.1. The van der Waals surface area contributed by atoms with Crippen LogP contribution in [0.4, 0.5) is 0 Å². The third kappa shape index (κ3) is 10.1. The lowest BCUT2D eigenvalue weighted by molar-refractivity contribution is 0.122. The Kier molecular flexibility index (Phi) is 15.3. The van der Waals surface area contributed by atoms with E-state index < -0.39 is 17.6 Å². The molecule has 152 valence electrons. The van der Waals surface area contributed by atoms with Gasteiger partial charge in [0, 0.05) is 54.7 Å². The van der Waals surface area contributed by atoms with E-state index in [0.29, 0.717) is 0 Å². The second-order valence-electron chi connectivity index (χ2n) is 5.65. The lowest BCUT2D eigenvalue weighted by Crippen LogP contribution is -2.43. The summed E-state index contributed by atoms with van der Waals surface area (Å²) in [7, 11) is 5.07. The third-order valence-corrected chi connectivity index (χ3v) is 9.91. The molecule has 0 radical (unpaired) electrons. The predicted molar refractivity (Wildman–Crippen MR) is 103 cm³/mol. The molecule has 0 aromatic carbocycles. The van der Waals surface area contributed by atoms with Gasteiger partial charge in [-0.05, 0) is 45.4 Å². The van der Waals surface area contributed by atoms with Gasteiger partial charge in [0.25, 0.3) is 0 Å². The van der Waals surface area contributed by atoms with Crippen molar-refractivity contribution in [2.45, 2.75) is 31.4 Å². The standard InChI is InChI=1S/C15H38N2O6Si2/c1-18-24(19-2,20-3)14-8-12-16-10-7-11-17-13-9-15-25(21-4,22-5)23-6/h16-17H,7-15H2,1-6H3. The molecule has 0 aliphatic carbocycles. The molecule has 0 atom stereocenters. The van der Waals surface area contributed by atoms with Gasteiger partial charge in [-0.3, -0.25) is 0 Å². The highest BCUT2D eigenvalue weighted by molar-refractivity contribution is 6.60. The molecule has 0 saturated carbocycles. The van der Waals surface area contributed by atoms with E-state index in [1.54, 1.807) is 42.7 Å². The summed E-state index contributed by atoms with van der Waals surface area (Å²) >= 11 is 0. The molecular weight excluding hydrogens is 360 g/mol. The monoisotopic (exact) mass is 398 g/mol.